The molecule has 76 valence electrons. The molecule has 3 N–H and O–H groups in total. The number of Topliss-reactive ketones (excluding diaryl/α,β-unsaturated/α-hetero) is 1. The molecule has 1 aliphatic rings. The SMILES string of the molecule is COCc1nc2c([nH]1)CC(N)CC2=O. The van der Waals surface area contributed by atoms with E-state index in [1.807, 2.05) is 0 Å². The molecular weight excluding hydrogens is 182 g/mol. The number of rotatable bonds is 2. The number of hydrogen-bond acceptors (Lipinski definition) is 4. The Hall–Kier alpha value is -1.20. The van der Waals surface area contributed by atoms with Gasteiger partial charge in [-0.1, -0.05) is 0 Å². The first kappa shape index (κ1) is 9.36. The average molecular weight is 195 g/mol. The minimum absolute atomic E-state index is 0.0253. The van der Waals surface area contributed by atoms with E-state index in [-0.39, 0.29) is 11.8 Å². The van der Waals surface area contributed by atoms with Crippen LogP contribution in [-0.2, 0) is 17.8 Å². The highest BCUT2D eigenvalue weighted by atomic mass is 16.5. The van der Waals surface area contributed by atoms with E-state index in [4.69, 9.17) is 10.5 Å². The van der Waals surface area contributed by atoms with Crippen molar-refractivity contribution >= 4 is 5.78 Å². The number of methoxy groups -OCH3 is 1. The molecule has 1 aromatic rings. The first-order chi connectivity index (χ1) is 6.70. The van der Waals surface area contributed by atoms with Gasteiger partial charge in [0.1, 0.15) is 18.1 Å². The summed E-state index contributed by atoms with van der Waals surface area (Å²) in [4.78, 5) is 18.7. The summed E-state index contributed by atoms with van der Waals surface area (Å²) in [5, 5.41) is 0. The monoisotopic (exact) mass is 195 g/mol. The van der Waals surface area contributed by atoms with Crippen LogP contribution in [0.15, 0.2) is 0 Å². The van der Waals surface area contributed by atoms with Gasteiger partial charge >= 0.3 is 0 Å². The van der Waals surface area contributed by atoms with Crippen LogP contribution < -0.4 is 5.73 Å². The number of nitrogens with two attached hydrogens (primary N) is 1. The second-order valence-electron chi connectivity index (χ2n) is 3.54. The van der Waals surface area contributed by atoms with E-state index >= 15 is 0 Å². The van der Waals surface area contributed by atoms with Gasteiger partial charge in [-0.05, 0) is 0 Å². The molecule has 1 unspecified atom stereocenters. The number of ether oxygens (including phenoxy) is 1. The summed E-state index contributed by atoms with van der Waals surface area (Å²) in [5.41, 5.74) is 7.11. The van der Waals surface area contributed by atoms with Gasteiger partial charge in [0.15, 0.2) is 5.78 Å². The van der Waals surface area contributed by atoms with Crippen molar-refractivity contribution in [3.05, 3.63) is 17.2 Å². The Morgan fingerprint density at radius 1 is 1.64 bits per heavy atom. The van der Waals surface area contributed by atoms with Crippen LogP contribution >= 0.6 is 0 Å². The largest absolute Gasteiger partial charge is 0.377 e. The van der Waals surface area contributed by atoms with Crippen molar-refractivity contribution in [2.75, 3.05) is 7.11 Å². The van der Waals surface area contributed by atoms with Crippen molar-refractivity contribution < 1.29 is 9.53 Å². The molecule has 14 heavy (non-hydrogen) atoms. The van der Waals surface area contributed by atoms with E-state index in [1.165, 1.54) is 0 Å². The quantitative estimate of drug-likeness (QED) is 0.696. The minimum atomic E-state index is -0.0779. The lowest BCUT2D eigenvalue weighted by molar-refractivity contribution is 0.0960. The highest BCUT2D eigenvalue weighted by Crippen LogP contribution is 2.18. The zero-order valence-corrected chi connectivity index (χ0v) is 8.04. The Kier molecular flexibility index (Phi) is 2.35. The number of imidazole rings is 1. The van der Waals surface area contributed by atoms with Crippen LogP contribution in [0.3, 0.4) is 0 Å². The lowest BCUT2D eigenvalue weighted by Gasteiger charge is -2.14. The van der Waals surface area contributed by atoms with E-state index in [1.54, 1.807) is 7.11 Å². The van der Waals surface area contributed by atoms with Crippen LogP contribution in [0.2, 0.25) is 0 Å². The van der Waals surface area contributed by atoms with E-state index in [0.717, 1.165) is 5.69 Å². The Labute approximate surface area is 81.7 Å². The second-order valence-corrected chi connectivity index (χ2v) is 3.54. The van der Waals surface area contributed by atoms with Gasteiger partial charge in [-0.15, -0.1) is 0 Å². The number of nitrogens with zero attached hydrogens (tertiary/aromatic N) is 1. The van der Waals surface area contributed by atoms with Gasteiger partial charge in [0, 0.05) is 31.7 Å². The zero-order valence-electron chi connectivity index (χ0n) is 8.04. The van der Waals surface area contributed by atoms with Crippen LogP contribution in [0, 0.1) is 0 Å². The summed E-state index contributed by atoms with van der Waals surface area (Å²) in [6.07, 6.45) is 1.09. The number of aromatic nitrogens is 2. The number of nitrogens with one attached hydrogen (secondary N) is 1. The molecule has 5 nitrogen and oxygen atoms in total. The van der Waals surface area contributed by atoms with Crippen molar-refractivity contribution in [1.82, 2.24) is 9.97 Å². The maximum atomic E-state index is 11.5. The van der Waals surface area contributed by atoms with Gasteiger partial charge in [0.2, 0.25) is 0 Å². The van der Waals surface area contributed by atoms with Gasteiger partial charge < -0.3 is 15.5 Å². The number of aromatic amines is 1. The first-order valence-corrected chi connectivity index (χ1v) is 4.56. The number of hydrogen-bond donors (Lipinski definition) is 2. The van der Waals surface area contributed by atoms with E-state index < -0.39 is 0 Å². The van der Waals surface area contributed by atoms with Crippen molar-refractivity contribution in [3.63, 3.8) is 0 Å². The molecule has 0 aromatic carbocycles. The van der Waals surface area contributed by atoms with Crippen molar-refractivity contribution in [1.29, 1.82) is 0 Å². The Balaban J connectivity index is 2.30. The van der Waals surface area contributed by atoms with Crippen molar-refractivity contribution in [3.8, 4) is 0 Å². The molecule has 0 amide bonds. The lowest BCUT2D eigenvalue weighted by Crippen LogP contribution is -2.31. The second kappa shape index (κ2) is 3.51. The molecular formula is C9H13N3O2. The maximum absolute atomic E-state index is 11.5. The van der Waals surface area contributed by atoms with E-state index in [0.29, 0.717) is 31.0 Å². The number of carbonyl (C=O) groups excluding carboxylic acids is 1. The van der Waals surface area contributed by atoms with Crippen LogP contribution in [0.5, 0.6) is 0 Å². The molecule has 0 spiro atoms. The molecule has 2 rings (SSSR count). The van der Waals surface area contributed by atoms with Gasteiger partial charge in [0.25, 0.3) is 0 Å². The minimum Gasteiger partial charge on any atom is -0.377 e. The predicted octanol–water partition coefficient (Wildman–Crippen LogP) is 0.0123. The predicted molar refractivity (Wildman–Crippen MR) is 49.9 cm³/mol. The first-order valence-electron chi connectivity index (χ1n) is 4.56. The molecule has 0 aliphatic heterocycles. The molecule has 0 radical (unpaired) electrons. The third-order valence-corrected chi connectivity index (χ3v) is 2.29. The highest BCUT2D eigenvalue weighted by molar-refractivity contribution is 5.96. The van der Waals surface area contributed by atoms with Crippen LogP contribution in [-0.4, -0.2) is 28.9 Å². The summed E-state index contributed by atoms with van der Waals surface area (Å²) in [6, 6.07) is -0.0779. The third kappa shape index (κ3) is 1.56. The Morgan fingerprint density at radius 2 is 2.43 bits per heavy atom. The van der Waals surface area contributed by atoms with Gasteiger partial charge in [0.05, 0.1) is 0 Å². The molecule has 0 fully saturated rings. The van der Waals surface area contributed by atoms with Crippen LogP contribution in [0.25, 0.3) is 0 Å². The number of ketones is 1. The topological polar surface area (TPSA) is 81.0 Å². The Morgan fingerprint density at radius 3 is 3.14 bits per heavy atom. The number of fused-ring (bicyclic) bond motifs is 1. The summed E-state index contributed by atoms with van der Waals surface area (Å²) in [7, 11) is 1.59. The molecule has 0 saturated carbocycles. The van der Waals surface area contributed by atoms with Gasteiger partial charge in [-0.2, -0.15) is 0 Å². The maximum Gasteiger partial charge on any atom is 0.184 e. The van der Waals surface area contributed by atoms with Crippen molar-refractivity contribution in [2.45, 2.75) is 25.5 Å². The standard InChI is InChI=1S/C9H13N3O2/c1-14-4-8-11-6-2-5(10)3-7(13)9(6)12-8/h5H,2-4,10H2,1H3,(H,11,12). The van der Waals surface area contributed by atoms with Crippen molar-refractivity contribution in [2.24, 2.45) is 5.73 Å². The summed E-state index contributed by atoms with van der Waals surface area (Å²) >= 11 is 0. The zero-order chi connectivity index (χ0) is 10.1. The molecule has 1 heterocycles. The third-order valence-electron chi connectivity index (χ3n) is 2.29. The molecule has 1 aromatic heterocycles. The van der Waals surface area contributed by atoms with Gasteiger partial charge in [-0.3, -0.25) is 4.79 Å². The smallest absolute Gasteiger partial charge is 0.184 e. The van der Waals surface area contributed by atoms with Crippen LogP contribution in [0.1, 0.15) is 28.4 Å². The molecule has 5 heteroatoms. The highest BCUT2D eigenvalue weighted by Gasteiger charge is 2.26. The summed E-state index contributed by atoms with van der Waals surface area (Å²) in [6.45, 7) is 0.398. The fourth-order valence-electron chi connectivity index (χ4n) is 1.72. The molecule has 1 atom stereocenters. The fraction of sp³-hybridized carbons (Fsp3) is 0.556. The van der Waals surface area contributed by atoms with Crippen LogP contribution in [0.4, 0.5) is 0 Å². The molecule has 1 aliphatic carbocycles. The summed E-state index contributed by atoms with van der Waals surface area (Å²) < 4.78 is 4.93. The molecule has 0 bridgehead atoms. The fourth-order valence-corrected chi connectivity index (χ4v) is 1.72. The average Bonchev–Trinajstić information content (AvgIpc) is 2.48. The number of carbonyl (C=O) groups is 1. The van der Waals surface area contributed by atoms with Gasteiger partial charge in [-0.25, -0.2) is 4.98 Å². The lowest BCUT2D eigenvalue weighted by atomic mass is 9.96. The van der Waals surface area contributed by atoms with E-state index in [2.05, 4.69) is 9.97 Å². The number of H-pyrrole nitrogens is 1. The summed E-state index contributed by atoms with van der Waals surface area (Å²) in [5.74, 6) is 0.720. The normalized spacial score (nSPS) is 21.0. The Bertz CT molecular complexity index is 359. The van der Waals surface area contributed by atoms with E-state index in [9.17, 15) is 4.79 Å². The molecule has 0 saturated heterocycles.